The number of amides is 1. The molecular formula is C22H17FN4O4. The van der Waals surface area contributed by atoms with Gasteiger partial charge >= 0.3 is 0 Å². The largest absolute Gasteiger partial charge is 0.454 e. The molecule has 0 saturated heterocycles. The highest BCUT2D eigenvalue weighted by atomic mass is 19.1. The number of ether oxygens (including phenoxy) is 2. The number of benzene rings is 2. The van der Waals surface area contributed by atoms with Crippen molar-refractivity contribution in [3.63, 3.8) is 0 Å². The maximum atomic E-state index is 13.0. The molecule has 0 saturated carbocycles. The molecule has 2 aromatic carbocycles. The molecule has 0 bridgehead atoms. The Kier molecular flexibility index (Phi) is 4.83. The molecular weight excluding hydrogens is 403 g/mol. The summed E-state index contributed by atoms with van der Waals surface area (Å²) in [6, 6.07) is 14.6. The van der Waals surface area contributed by atoms with Gasteiger partial charge in [0.25, 0.3) is 11.8 Å². The molecule has 5 rings (SSSR count). The highest BCUT2D eigenvalue weighted by Crippen LogP contribution is 2.35. The fraction of sp³-hybridized carbons (Fsp3) is 0.136. The Hall–Kier alpha value is -4.14. The Morgan fingerprint density at radius 3 is 2.81 bits per heavy atom. The van der Waals surface area contributed by atoms with Gasteiger partial charge in [-0.3, -0.25) is 4.79 Å². The normalized spacial score (nSPS) is 12.2. The number of hydrogen-bond acceptors (Lipinski definition) is 6. The van der Waals surface area contributed by atoms with Crippen LogP contribution in [0.25, 0.3) is 23.0 Å². The van der Waals surface area contributed by atoms with Gasteiger partial charge in [-0.1, -0.05) is 5.16 Å². The van der Waals surface area contributed by atoms with Crippen LogP contribution in [0.4, 0.5) is 4.39 Å². The van der Waals surface area contributed by atoms with Crippen molar-refractivity contribution in [3.05, 3.63) is 72.2 Å². The molecule has 2 aromatic heterocycles. The smallest absolute Gasteiger partial charge is 0.274 e. The van der Waals surface area contributed by atoms with E-state index >= 15 is 0 Å². The van der Waals surface area contributed by atoms with E-state index < -0.39 is 0 Å². The molecule has 0 atom stereocenters. The lowest BCUT2D eigenvalue weighted by Crippen LogP contribution is -2.27. The van der Waals surface area contributed by atoms with Crippen LogP contribution in [-0.4, -0.2) is 34.0 Å². The summed E-state index contributed by atoms with van der Waals surface area (Å²) in [6.07, 6.45) is 1.86. The summed E-state index contributed by atoms with van der Waals surface area (Å²) in [5.74, 6) is 1.48. The van der Waals surface area contributed by atoms with Gasteiger partial charge in [-0.25, -0.2) is 4.39 Å². The molecule has 3 heterocycles. The summed E-state index contributed by atoms with van der Waals surface area (Å²) in [5, 5.41) is 6.88. The van der Waals surface area contributed by atoms with Crippen LogP contribution in [0.5, 0.6) is 11.5 Å². The number of fused-ring (bicyclic) bond motifs is 1. The molecule has 9 heteroatoms. The topological polar surface area (TPSA) is 91.4 Å². The molecule has 31 heavy (non-hydrogen) atoms. The number of aromatic nitrogens is 3. The highest BCUT2D eigenvalue weighted by molar-refractivity contribution is 5.94. The predicted molar refractivity (Wildman–Crippen MR) is 108 cm³/mol. The number of rotatable bonds is 6. The predicted octanol–water partition coefficient (Wildman–Crippen LogP) is 3.50. The van der Waals surface area contributed by atoms with Crippen molar-refractivity contribution in [2.75, 3.05) is 13.3 Å². The van der Waals surface area contributed by atoms with Gasteiger partial charge in [-0.2, -0.15) is 4.98 Å². The standard InChI is InChI=1S/C22H17FN4O4/c23-16-6-3-14(4-7-16)21(28)24-9-11-27-10-1-2-17(27)22-25-20(26-31-22)15-5-8-18-19(12-15)30-13-29-18/h1-8,10,12H,9,11,13H2,(H,24,28). The van der Waals surface area contributed by atoms with Crippen LogP contribution in [0.15, 0.2) is 65.3 Å². The number of nitrogens with zero attached hydrogens (tertiary/aromatic N) is 3. The molecule has 1 aliphatic heterocycles. The van der Waals surface area contributed by atoms with E-state index in [2.05, 4.69) is 15.5 Å². The zero-order valence-electron chi connectivity index (χ0n) is 16.2. The second-order valence-corrected chi connectivity index (χ2v) is 6.84. The van der Waals surface area contributed by atoms with Gasteiger partial charge in [0, 0.05) is 30.4 Å². The van der Waals surface area contributed by atoms with Crippen LogP contribution in [0.1, 0.15) is 10.4 Å². The van der Waals surface area contributed by atoms with Crippen LogP contribution < -0.4 is 14.8 Å². The first-order chi connectivity index (χ1) is 15.2. The first kappa shape index (κ1) is 18.9. The molecule has 0 spiro atoms. The zero-order chi connectivity index (χ0) is 21.2. The lowest BCUT2D eigenvalue weighted by Gasteiger charge is -2.08. The third-order valence-corrected chi connectivity index (χ3v) is 4.85. The molecule has 0 fully saturated rings. The Morgan fingerprint density at radius 1 is 1.10 bits per heavy atom. The van der Waals surface area contributed by atoms with Crippen molar-refractivity contribution in [2.24, 2.45) is 0 Å². The fourth-order valence-electron chi connectivity index (χ4n) is 3.28. The van der Waals surface area contributed by atoms with Gasteiger partial charge in [-0.05, 0) is 54.6 Å². The molecule has 8 nitrogen and oxygen atoms in total. The Labute approximate surface area is 176 Å². The van der Waals surface area contributed by atoms with Gasteiger partial charge in [-0.15, -0.1) is 0 Å². The van der Waals surface area contributed by atoms with E-state index in [0.717, 1.165) is 11.3 Å². The second kappa shape index (κ2) is 7.94. The summed E-state index contributed by atoms with van der Waals surface area (Å²) >= 11 is 0. The third-order valence-electron chi connectivity index (χ3n) is 4.85. The molecule has 1 aliphatic rings. The van der Waals surface area contributed by atoms with Gasteiger partial charge < -0.3 is 23.9 Å². The van der Waals surface area contributed by atoms with Crippen LogP contribution in [0, 0.1) is 5.82 Å². The Bertz CT molecular complexity index is 1230. The van der Waals surface area contributed by atoms with Crippen molar-refractivity contribution in [2.45, 2.75) is 6.54 Å². The van der Waals surface area contributed by atoms with Crippen LogP contribution in [-0.2, 0) is 6.54 Å². The van der Waals surface area contributed by atoms with Crippen molar-refractivity contribution in [1.29, 1.82) is 0 Å². The maximum Gasteiger partial charge on any atom is 0.274 e. The quantitative estimate of drug-likeness (QED) is 0.513. The van der Waals surface area contributed by atoms with E-state index in [-0.39, 0.29) is 18.5 Å². The summed E-state index contributed by atoms with van der Waals surface area (Å²) in [5.41, 5.74) is 1.89. The Morgan fingerprint density at radius 2 is 1.94 bits per heavy atom. The van der Waals surface area contributed by atoms with Gasteiger partial charge in [0.2, 0.25) is 12.6 Å². The monoisotopic (exact) mass is 420 g/mol. The van der Waals surface area contributed by atoms with E-state index in [1.54, 1.807) is 12.1 Å². The van der Waals surface area contributed by atoms with Crippen LogP contribution in [0.3, 0.4) is 0 Å². The second-order valence-electron chi connectivity index (χ2n) is 6.84. The summed E-state index contributed by atoms with van der Waals surface area (Å²) in [6.45, 7) is 1.07. The lowest BCUT2D eigenvalue weighted by atomic mass is 10.2. The average molecular weight is 420 g/mol. The van der Waals surface area contributed by atoms with E-state index in [1.165, 1.54) is 24.3 Å². The van der Waals surface area contributed by atoms with Gasteiger partial charge in [0.15, 0.2) is 11.5 Å². The summed E-state index contributed by atoms with van der Waals surface area (Å²) < 4.78 is 31.1. The summed E-state index contributed by atoms with van der Waals surface area (Å²) in [7, 11) is 0. The molecule has 4 aromatic rings. The first-order valence-electron chi connectivity index (χ1n) is 9.60. The van der Waals surface area contributed by atoms with Crippen molar-refractivity contribution < 1.29 is 23.2 Å². The number of carbonyl (C=O) groups is 1. The molecule has 1 N–H and O–H groups in total. The molecule has 1 amide bonds. The van der Waals surface area contributed by atoms with E-state index in [9.17, 15) is 9.18 Å². The third kappa shape index (κ3) is 3.85. The zero-order valence-corrected chi connectivity index (χ0v) is 16.2. The number of hydrogen-bond donors (Lipinski definition) is 1. The Balaban J connectivity index is 1.26. The number of halogens is 1. The minimum Gasteiger partial charge on any atom is -0.454 e. The fourth-order valence-corrected chi connectivity index (χ4v) is 3.28. The summed E-state index contributed by atoms with van der Waals surface area (Å²) in [4.78, 5) is 16.7. The SMILES string of the molecule is O=C(NCCn1cccc1-c1nc(-c2ccc3c(c2)OCO3)no1)c1ccc(F)cc1. The highest BCUT2D eigenvalue weighted by Gasteiger charge is 2.18. The maximum absolute atomic E-state index is 13.0. The van der Waals surface area contributed by atoms with Crippen molar-refractivity contribution >= 4 is 5.91 Å². The molecule has 156 valence electrons. The van der Waals surface area contributed by atoms with Gasteiger partial charge in [0.05, 0.1) is 0 Å². The number of nitrogens with one attached hydrogen (secondary N) is 1. The minimum atomic E-state index is -0.381. The lowest BCUT2D eigenvalue weighted by molar-refractivity contribution is 0.0952. The first-order valence-corrected chi connectivity index (χ1v) is 9.60. The van der Waals surface area contributed by atoms with Crippen LogP contribution in [0.2, 0.25) is 0 Å². The van der Waals surface area contributed by atoms with Crippen molar-refractivity contribution in [3.8, 4) is 34.5 Å². The number of carbonyl (C=O) groups excluding carboxylic acids is 1. The molecule has 0 radical (unpaired) electrons. The van der Waals surface area contributed by atoms with Gasteiger partial charge in [0.1, 0.15) is 11.5 Å². The minimum absolute atomic E-state index is 0.196. The molecule has 0 aliphatic carbocycles. The van der Waals surface area contributed by atoms with E-state index in [1.807, 2.05) is 29.0 Å². The van der Waals surface area contributed by atoms with E-state index in [0.29, 0.717) is 41.9 Å². The average Bonchev–Trinajstić information content (AvgIpc) is 3.53. The van der Waals surface area contributed by atoms with Crippen LogP contribution >= 0.6 is 0 Å². The van der Waals surface area contributed by atoms with E-state index in [4.69, 9.17) is 14.0 Å². The molecule has 0 unspecified atom stereocenters. The van der Waals surface area contributed by atoms with Crippen molar-refractivity contribution in [1.82, 2.24) is 20.0 Å².